The predicted molar refractivity (Wildman–Crippen MR) is 64.1 cm³/mol. The van der Waals surface area contributed by atoms with E-state index in [4.69, 9.17) is 9.47 Å². The van der Waals surface area contributed by atoms with Crippen LogP contribution in [0.5, 0.6) is 11.5 Å². The summed E-state index contributed by atoms with van der Waals surface area (Å²) in [4.78, 5) is 1.34. The molecule has 0 radical (unpaired) electrons. The van der Waals surface area contributed by atoms with E-state index in [0.717, 1.165) is 11.5 Å². The Labute approximate surface area is 93.9 Å². The zero-order valence-corrected chi connectivity index (χ0v) is 10.1. The molecule has 2 rings (SSSR count). The maximum Gasteiger partial charge on any atom is 0.200 e. The number of ether oxygens (including phenoxy) is 2. The van der Waals surface area contributed by atoms with E-state index in [-0.39, 0.29) is 0 Å². The van der Waals surface area contributed by atoms with E-state index in [0.29, 0.717) is 10.9 Å². The Hall–Kier alpha value is -0.830. The van der Waals surface area contributed by atoms with Crippen molar-refractivity contribution in [2.45, 2.75) is 17.7 Å². The third kappa shape index (κ3) is 2.23. The molecule has 2 nitrogen and oxygen atoms in total. The van der Waals surface area contributed by atoms with Crippen LogP contribution in [0.4, 0.5) is 0 Å². The highest BCUT2D eigenvalue weighted by atomic mass is 32.2. The van der Waals surface area contributed by atoms with Crippen LogP contribution in [0.1, 0.15) is 12.8 Å². The van der Waals surface area contributed by atoms with E-state index in [9.17, 15) is 0 Å². The van der Waals surface area contributed by atoms with Crippen LogP contribution >= 0.6 is 0 Å². The molecule has 1 heterocycles. The van der Waals surface area contributed by atoms with Gasteiger partial charge in [-0.05, 0) is 25.0 Å². The first-order valence-corrected chi connectivity index (χ1v) is 6.81. The molecule has 15 heavy (non-hydrogen) atoms. The van der Waals surface area contributed by atoms with Gasteiger partial charge in [0.25, 0.3) is 0 Å². The molecule has 1 aromatic carbocycles. The summed E-state index contributed by atoms with van der Waals surface area (Å²) in [5, 5.41) is 0. The average Bonchev–Trinajstić information content (AvgIpc) is 2.81. The second kappa shape index (κ2) is 4.79. The molecule has 0 unspecified atom stereocenters. The topological polar surface area (TPSA) is 18.5 Å². The van der Waals surface area contributed by atoms with Gasteiger partial charge >= 0.3 is 0 Å². The van der Waals surface area contributed by atoms with E-state index < -0.39 is 0 Å². The first-order valence-electron chi connectivity index (χ1n) is 5.24. The fourth-order valence-electron chi connectivity index (χ4n) is 1.88. The number of hydrogen-bond acceptors (Lipinski definition) is 2. The van der Waals surface area contributed by atoms with Crippen LogP contribution in [0.2, 0.25) is 0 Å². The van der Waals surface area contributed by atoms with Crippen LogP contribution in [-0.2, 0) is 10.9 Å². The zero-order valence-electron chi connectivity index (χ0n) is 9.29. The van der Waals surface area contributed by atoms with Crippen LogP contribution in [-0.4, -0.2) is 25.7 Å². The molecule has 0 aliphatic carbocycles. The summed E-state index contributed by atoms with van der Waals surface area (Å²) >= 11 is 0. The van der Waals surface area contributed by atoms with Gasteiger partial charge in [0.1, 0.15) is 17.3 Å². The molecule has 0 bridgehead atoms. The molecule has 0 atom stereocenters. The third-order valence-corrected chi connectivity index (χ3v) is 5.22. The minimum absolute atomic E-state index is 0.381. The van der Waals surface area contributed by atoms with Crippen molar-refractivity contribution in [3.63, 3.8) is 0 Å². The summed E-state index contributed by atoms with van der Waals surface area (Å²) in [6, 6.07) is 6.11. The molecule has 0 aromatic heterocycles. The van der Waals surface area contributed by atoms with E-state index in [2.05, 4.69) is 6.07 Å². The van der Waals surface area contributed by atoms with Crippen molar-refractivity contribution in [2.24, 2.45) is 0 Å². The molecule has 0 spiro atoms. The van der Waals surface area contributed by atoms with Crippen LogP contribution in [0, 0.1) is 0 Å². The Bertz CT molecular complexity index is 332. The number of methoxy groups -OCH3 is 2. The molecule has 0 saturated carbocycles. The largest absolute Gasteiger partial charge is 0.497 e. The number of rotatable bonds is 3. The van der Waals surface area contributed by atoms with Gasteiger partial charge in [0.15, 0.2) is 10.6 Å². The van der Waals surface area contributed by atoms with Gasteiger partial charge in [-0.2, -0.15) is 0 Å². The van der Waals surface area contributed by atoms with E-state index in [1.165, 1.54) is 29.2 Å². The maximum absolute atomic E-state index is 5.41. The second-order valence-electron chi connectivity index (χ2n) is 3.62. The van der Waals surface area contributed by atoms with Crippen molar-refractivity contribution in [1.82, 2.24) is 0 Å². The summed E-state index contributed by atoms with van der Waals surface area (Å²) in [7, 11) is 3.83. The molecule has 1 fully saturated rings. The maximum atomic E-state index is 5.41. The number of hydrogen-bond donors (Lipinski definition) is 0. The Kier molecular flexibility index (Phi) is 3.41. The Morgan fingerprint density at radius 1 is 1.07 bits per heavy atom. The van der Waals surface area contributed by atoms with E-state index in [1.54, 1.807) is 14.2 Å². The van der Waals surface area contributed by atoms with Crippen molar-refractivity contribution in [3.05, 3.63) is 18.2 Å². The van der Waals surface area contributed by atoms with Gasteiger partial charge in [-0.15, -0.1) is 0 Å². The summed E-state index contributed by atoms with van der Waals surface area (Å²) in [5.74, 6) is 4.57. The monoisotopic (exact) mass is 225 g/mol. The van der Waals surface area contributed by atoms with Crippen LogP contribution in [0.3, 0.4) is 0 Å². The second-order valence-corrected chi connectivity index (χ2v) is 5.87. The smallest absolute Gasteiger partial charge is 0.200 e. The molecule has 82 valence electrons. The molecule has 0 amide bonds. The predicted octanol–water partition coefficient (Wildman–Crippen LogP) is 2.47. The fourth-order valence-corrected chi connectivity index (χ4v) is 4.35. The lowest BCUT2D eigenvalue weighted by Gasteiger charge is -2.08. The van der Waals surface area contributed by atoms with Crippen LogP contribution in [0.25, 0.3) is 0 Å². The Morgan fingerprint density at radius 2 is 1.80 bits per heavy atom. The van der Waals surface area contributed by atoms with Crippen LogP contribution in [0.15, 0.2) is 23.1 Å². The SMILES string of the molecule is COc1ccc(OC)c([S+]2CCCC2)c1. The minimum atomic E-state index is 0.381. The van der Waals surface area contributed by atoms with Crippen LogP contribution < -0.4 is 9.47 Å². The van der Waals surface area contributed by atoms with Gasteiger partial charge in [0.05, 0.1) is 14.2 Å². The van der Waals surface area contributed by atoms with Crippen molar-refractivity contribution in [1.29, 1.82) is 0 Å². The molecule has 1 aliphatic rings. The quantitative estimate of drug-likeness (QED) is 0.736. The summed E-state index contributed by atoms with van der Waals surface area (Å²) < 4.78 is 10.7. The highest BCUT2D eigenvalue weighted by Gasteiger charge is 2.30. The van der Waals surface area contributed by atoms with Gasteiger partial charge in [-0.25, -0.2) is 0 Å². The number of benzene rings is 1. The first kappa shape index (κ1) is 10.7. The highest BCUT2D eigenvalue weighted by molar-refractivity contribution is 7.97. The molecule has 1 aliphatic heterocycles. The lowest BCUT2D eigenvalue weighted by Crippen LogP contribution is -2.06. The van der Waals surface area contributed by atoms with Crippen molar-refractivity contribution < 1.29 is 9.47 Å². The lowest BCUT2D eigenvalue weighted by atomic mass is 10.3. The molecule has 0 N–H and O–H groups in total. The third-order valence-electron chi connectivity index (χ3n) is 2.71. The van der Waals surface area contributed by atoms with E-state index >= 15 is 0 Å². The summed E-state index contributed by atoms with van der Waals surface area (Å²) in [5.41, 5.74) is 0. The fraction of sp³-hybridized carbons (Fsp3) is 0.500. The highest BCUT2D eigenvalue weighted by Crippen LogP contribution is 2.33. The van der Waals surface area contributed by atoms with Gasteiger partial charge in [0, 0.05) is 17.0 Å². The van der Waals surface area contributed by atoms with Crippen molar-refractivity contribution >= 4 is 10.9 Å². The normalized spacial score (nSPS) is 16.7. The summed E-state index contributed by atoms with van der Waals surface area (Å²) in [6.07, 6.45) is 2.70. The Balaban J connectivity index is 2.32. The minimum Gasteiger partial charge on any atom is -0.497 e. The molecule has 1 aromatic rings. The van der Waals surface area contributed by atoms with Crippen molar-refractivity contribution in [2.75, 3.05) is 25.7 Å². The Morgan fingerprint density at radius 3 is 2.40 bits per heavy atom. The average molecular weight is 225 g/mol. The van der Waals surface area contributed by atoms with Gasteiger partial charge in [0.2, 0.25) is 0 Å². The standard InChI is InChI=1S/C12H17O2S/c1-13-10-5-6-11(14-2)12(9-10)15-7-3-4-8-15/h5-6,9H,3-4,7-8H2,1-2H3/q+1. The van der Waals surface area contributed by atoms with Gasteiger partial charge < -0.3 is 9.47 Å². The first-order chi connectivity index (χ1) is 7.35. The summed E-state index contributed by atoms with van der Waals surface area (Å²) in [6.45, 7) is 0. The molecule has 3 heteroatoms. The molecular formula is C12H17O2S+. The van der Waals surface area contributed by atoms with Gasteiger partial charge in [-0.1, -0.05) is 0 Å². The zero-order chi connectivity index (χ0) is 10.7. The van der Waals surface area contributed by atoms with Gasteiger partial charge in [-0.3, -0.25) is 0 Å². The molecular weight excluding hydrogens is 208 g/mol. The van der Waals surface area contributed by atoms with E-state index in [1.807, 2.05) is 12.1 Å². The molecule has 1 saturated heterocycles. The van der Waals surface area contributed by atoms with Crippen molar-refractivity contribution in [3.8, 4) is 11.5 Å². The lowest BCUT2D eigenvalue weighted by molar-refractivity contribution is 0.394.